The van der Waals surface area contributed by atoms with Crippen LogP contribution < -0.4 is 15.5 Å². The van der Waals surface area contributed by atoms with Crippen molar-refractivity contribution in [3.63, 3.8) is 0 Å². The second-order valence-corrected chi connectivity index (χ2v) is 5.99. The predicted octanol–water partition coefficient (Wildman–Crippen LogP) is 3.91. The molecule has 0 radical (unpaired) electrons. The van der Waals surface area contributed by atoms with Crippen LogP contribution in [0, 0.1) is 10.1 Å². The lowest BCUT2D eigenvalue weighted by Gasteiger charge is -2.26. The van der Waals surface area contributed by atoms with Gasteiger partial charge in [0.05, 0.1) is 4.92 Å². The number of rotatable bonds is 5. The molecule has 26 heavy (non-hydrogen) atoms. The molecule has 8 heteroatoms. The van der Waals surface area contributed by atoms with Gasteiger partial charge in [-0.2, -0.15) is 0 Å². The highest BCUT2D eigenvalue weighted by molar-refractivity contribution is 5.88. The first-order chi connectivity index (χ1) is 12.6. The number of carbonyl (C=O) groups is 1. The van der Waals surface area contributed by atoms with E-state index in [0.717, 1.165) is 25.9 Å². The molecule has 136 valence electrons. The number of anilines is 1. The summed E-state index contributed by atoms with van der Waals surface area (Å²) in [5.74, 6) is 1.07. The Hall–Kier alpha value is -3.13. The molecule has 0 atom stereocenters. The summed E-state index contributed by atoms with van der Waals surface area (Å²) < 4.78 is 5.64. The average molecular weight is 356 g/mol. The van der Waals surface area contributed by atoms with Gasteiger partial charge in [-0.25, -0.2) is 9.80 Å². The van der Waals surface area contributed by atoms with Gasteiger partial charge in [0.1, 0.15) is 11.5 Å². The third-order valence-electron chi connectivity index (χ3n) is 4.01. The van der Waals surface area contributed by atoms with E-state index in [1.54, 1.807) is 24.3 Å². The van der Waals surface area contributed by atoms with Crippen molar-refractivity contribution in [3.8, 4) is 11.5 Å². The molecule has 0 bridgehead atoms. The standard InChI is InChI=1S/C18H20N4O4/c23-18(20-21-12-2-1-3-13-21)19-14-4-8-16(9-5-14)26-17-10-6-15(7-11-17)22(24)25/h4-11H,1-3,12-13H2,(H2,19,20,23). The van der Waals surface area contributed by atoms with Crippen LogP contribution in [0.3, 0.4) is 0 Å². The molecule has 2 N–H and O–H groups in total. The molecule has 3 rings (SSSR count). The highest BCUT2D eigenvalue weighted by Gasteiger charge is 2.12. The molecule has 1 heterocycles. The van der Waals surface area contributed by atoms with Crippen molar-refractivity contribution < 1.29 is 14.5 Å². The number of nitro benzene ring substituents is 1. The van der Waals surface area contributed by atoms with Crippen molar-refractivity contribution in [1.29, 1.82) is 0 Å². The van der Waals surface area contributed by atoms with E-state index in [1.807, 2.05) is 5.01 Å². The molecule has 0 spiro atoms. The smallest absolute Gasteiger partial charge is 0.333 e. The van der Waals surface area contributed by atoms with Crippen LogP contribution in [-0.4, -0.2) is 29.1 Å². The van der Waals surface area contributed by atoms with Crippen molar-refractivity contribution in [2.45, 2.75) is 19.3 Å². The number of urea groups is 1. The van der Waals surface area contributed by atoms with Crippen LogP contribution >= 0.6 is 0 Å². The summed E-state index contributed by atoms with van der Waals surface area (Å²) in [6.45, 7) is 1.74. The average Bonchev–Trinajstić information content (AvgIpc) is 2.64. The molecule has 2 aromatic carbocycles. The topological polar surface area (TPSA) is 96.7 Å². The first kappa shape index (κ1) is 17.7. The number of nitro groups is 1. The minimum atomic E-state index is -0.459. The predicted molar refractivity (Wildman–Crippen MR) is 97.2 cm³/mol. The van der Waals surface area contributed by atoms with E-state index in [2.05, 4.69) is 10.7 Å². The fraction of sp³-hybridized carbons (Fsp3) is 0.278. The molecule has 2 amide bonds. The number of amides is 2. The highest BCUT2D eigenvalue weighted by atomic mass is 16.6. The molecule has 0 unspecified atom stereocenters. The minimum Gasteiger partial charge on any atom is -0.457 e. The van der Waals surface area contributed by atoms with Crippen molar-refractivity contribution in [2.75, 3.05) is 18.4 Å². The van der Waals surface area contributed by atoms with E-state index < -0.39 is 4.92 Å². The monoisotopic (exact) mass is 356 g/mol. The van der Waals surface area contributed by atoms with Gasteiger partial charge in [0, 0.05) is 30.9 Å². The summed E-state index contributed by atoms with van der Waals surface area (Å²) in [5.41, 5.74) is 3.49. The molecular weight excluding hydrogens is 336 g/mol. The first-order valence-electron chi connectivity index (χ1n) is 8.45. The third-order valence-corrected chi connectivity index (χ3v) is 4.01. The molecular formula is C18H20N4O4. The molecule has 0 saturated carbocycles. The van der Waals surface area contributed by atoms with Gasteiger partial charge >= 0.3 is 6.03 Å². The summed E-state index contributed by atoms with van der Waals surface area (Å²) in [6.07, 6.45) is 3.39. The number of benzene rings is 2. The van der Waals surface area contributed by atoms with Crippen LogP contribution in [0.1, 0.15) is 19.3 Å². The molecule has 1 aliphatic heterocycles. The van der Waals surface area contributed by atoms with Gasteiger partial charge < -0.3 is 10.1 Å². The Labute approximate surface area is 150 Å². The number of nitrogens with zero attached hydrogens (tertiary/aromatic N) is 2. The van der Waals surface area contributed by atoms with E-state index in [1.165, 1.54) is 30.7 Å². The van der Waals surface area contributed by atoms with Gasteiger partial charge in [0.25, 0.3) is 5.69 Å². The molecule has 1 fully saturated rings. The van der Waals surface area contributed by atoms with Gasteiger partial charge in [-0.05, 0) is 49.2 Å². The van der Waals surface area contributed by atoms with E-state index >= 15 is 0 Å². The van der Waals surface area contributed by atoms with Crippen molar-refractivity contribution >= 4 is 17.4 Å². The molecule has 1 saturated heterocycles. The normalized spacial score (nSPS) is 14.5. The van der Waals surface area contributed by atoms with E-state index in [-0.39, 0.29) is 11.7 Å². The van der Waals surface area contributed by atoms with Crippen LogP contribution in [0.15, 0.2) is 48.5 Å². The quantitative estimate of drug-likeness (QED) is 0.625. The zero-order valence-electron chi connectivity index (χ0n) is 14.2. The lowest BCUT2D eigenvalue weighted by molar-refractivity contribution is -0.384. The van der Waals surface area contributed by atoms with E-state index in [4.69, 9.17) is 4.74 Å². The van der Waals surface area contributed by atoms with Crippen LogP contribution in [0.2, 0.25) is 0 Å². The van der Waals surface area contributed by atoms with Crippen LogP contribution in [0.5, 0.6) is 11.5 Å². The van der Waals surface area contributed by atoms with Crippen LogP contribution in [-0.2, 0) is 0 Å². The first-order valence-corrected chi connectivity index (χ1v) is 8.45. The van der Waals surface area contributed by atoms with Crippen molar-refractivity contribution in [1.82, 2.24) is 10.4 Å². The summed E-state index contributed by atoms with van der Waals surface area (Å²) in [4.78, 5) is 22.2. The SMILES string of the molecule is O=C(Nc1ccc(Oc2ccc([N+](=O)[O-])cc2)cc1)NN1CCCCC1. The fourth-order valence-corrected chi connectivity index (χ4v) is 2.69. The summed E-state index contributed by atoms with van der Waals surface area (Å²) in [6, 6.07) is 12.5. The summed E-state index contributed by atoms with van der Waals surface area (Å²) in [7, 11) is 0. The number of hydrazine groups is 1. The molecule has 0 aliphatic carbocycles. The van der Waals surface area contributed by atoms with Gasteiger partial charge in [-0.15, -0.1) is 0 Å². The van der Waals surface area contributed by atoms with E-state index in [0.29, 0.717) is 17.2 Å². The van der Waals surface area contributed by atoms with Crippen LogP contribution in [0.25, 0.3) is 0 Å². The number of hydrogen-bond donors (Lipinski definition) is 2. The number of piperidine rings is 1. The lowest BCUT2D eigenvalue weighted by atomic mass is 10.2. The van der Waals surface area contributed by atoms with Gasteiger partial charge in [0.2, 0.25) is 0 Å². The number of nitrogens with one attached hydrogen (secondary N) is 2. The zero-order valence-corrected chi connectivity index (χ0v) is 14.2. The fourth-order valence-electron chi connectivity index (χ4n) is 2.69. The zero-order chi connectivity index (χ0) is 18.4. The van der Waals surface area contributed by atoms with Gasteiger partial charge in [-0.1, -0.05) is 6.42 Å². The Kier molecular flexibility index (Phi) is 5.65. The Bertz CT molecular complexity index is 756. The van der Waals surface area contributed by atoms with Crippen molar-refractivity contribution in [2.24, 2.45) is 0 Å². The Morgan fingerprint density at radius 2 is 1.54 bits per heavy atom. The minimum absolute atomic E-state index is 0.0108. The third kappa shape index (κ3) is 4.93. The number of non-ortho nitro benzene ring substituents is 1. The largest absolute Gasteiger partial charge is 0.457 e. The summed E-state index contributed by atoms with van der Waals surface area (Å²) >= 11 is 0. The second-order valence-electron chi connectivity index (χ2n) is 5.99. The number of carbonyl (C=O) groups excluding carboxylic acids is 1. The number of hydrogen-bond acceptors (Lipinski definition) is 5. The maximum absolute atomic E-state index is 12.0. The Morgan fingerprint density at radius 3 is 2.12 bits per heavy atom. The number of ether oxygens (including phenoxy) is 1. The van der Waals surface area contributed by atoms with Crippen molar-refractivity contribution in [3.05, 3.63) is 58.6 Å². The highest BCUT2D eigenvalue weighted by Crippen LogP contribution is 2.25. The van der Waals surface area contributed by atoms with Crippen LogP contribution in [0.4, 0.5) is 16.2 Å². The molecule has 8 nitrogen and oxygen atoms in total. The maximum atomic E-state index is 12.0. The van der Waals surface area contributed by atoms with Gasteiger partial charge in [-0.3, -0.25) is 15.5 Å². The second kappa shape index (κ2) is 8.30. The molecule has 0 aromatic heterocycles. The Balaban J connectivity index is 1.52. The summed E-state index contributed by atoms with van der Waals surface area (Å²) in [5, 5.41) is 15.3. The maximum Gasteiger partial charge on any atom is 0.333 e. The Morgan fingerprint density at radius 1 is 0.962 bits per heavy atom. The lowest BCUT2D eigenvalue weighted by Crippen LogP contribution is -2.46. The van der Waals surface area contributed by atoms with Gasteiger partial charge in [0.15, 0.2) is 0 Å². The van der Waals surface area contributed by atoms with E-state index in [9.17, 15) is 14.9 Å². The molecule has 2 aromatic rings. The molecule has 1 aliphatic rings.